The maximum Gasteiger partial charge on any atom is 0.274 e. The Morgan fingerprint density at radius 1 is 1.26 bits per heavy atom. The van der Waals surface area contributed by atoms with Crippen LogP contribution in [0.2, 0.25) is 0 Å². The number of nitrogens with one attached hydrogen (secondary N) is 2. The molecule has 0 unspecified atom stereocenters. The topological polar surface area (TPSA) is 64.3 Å². The summed E-state index contributed by atoms with van der Waals surface area (Å²) in [5.41, 5.74) is 2.79. The number of hydrogen-bond acceptors (Lipinski definition) is 4. The molecular weight excluding hydrogens is 266 g/mol. The van der Waals surface area contributed by atoms with Gasteiger partial charge >= 0.3 is 0 Å². The minimum Gasteiger partial charge on any atom is -0.335 e. The van der Waals surface area contributed by atoms with Gasteiger partial charge in [-0.1, -0.05) is 0 Å². The minimum absolute atomic E-state index is 0. The summed E-state index contributed by atoms with van der Waals surface area (Å²) in [5, 5.41) is 10.5. The van der Waals surface area contributed by atoms with E-state index in [0.717, 1.165) is 56.9 Å². The number of carbonyl (C=O) groups excluding carboxylic acids is 1. The average Bonchev–Trinajstić information content (AvgIpc) is 2.82. The molecule has 0 aliphatic carbocycles. The summed E-state index contributed by atoms with van der Waals surface area (Å²) >= 11 is 0. The Hall–Kier alpha value is -1.11. The zero-order valence-corrected chi connectivity index (χ0v) is 11.9. The van der Waals surface area contributed by atoms with Gasteiger partial charge in [-0.3, -0.25) is 9.89 Å². The number of likely N-dealkylation sites (N-methyl/N-ethyl adjacent to an activating group) is 1. The summed E-state index contributed by atoms with van der Waals surface area (Å²) in [5.74, 6) is 0.0734. The van der Waals surface area contributed by atoms with Crippen LogP contribution < -0.4 is 5.32 Å². The Kier molecular flexibility index (Phi) is 4.44. The monoisotopic (exact) mass is 285 g/mol. The van der Waals surface area contributed by atoms with Gasteiger partial charge in [0.25, 0.3) is 5.91 Å². The first-order chi connectivity index (χ1) is 8.75. The van der Waals surface area contributed by atoms with Crippen molar-refractivity contribution in [1.29, 1.82) is 0 Å². The molecule has 1 aromatic heterocycles. The number of carbonyl (C=O) groups is 1. The molecule has 1 saturated heterocycles. The molecule has 0 aromatic carbocycles. The second-order valence-electron chi connectivity index (χ2n) is 5.05. The highest BCUT2D eigenvalue weighted by molar-refractivity contribution is 5.94. The van der Waals surface area contributed by atoms with Gasteiger partial charge < -0.3 is 15.1 Å². The van der Waals surface area contributed by atoms with Crippen molar-refractivity contribution in [3.63, 3.8) is 0 Å². The number of halogens is 1. The van der Waals surface area contributed by atoms with Crippen LogP contribution in [0.25, 0.3) is 0 Å². The maximum absolute atomic E-state index is 12.4. The fourth-order valence-corrected chi connectivity index (χ4v) is 2.56. The Balaban J connectivity index is 0.00000133. The van der Waals surface area contributed by atoms with E-state index in [9.17, 15) is 4.79 Å². The third-order valence-corrected chi connectivity index (χ3v) is 3.80. The third kappa shape index (κ3) is 2.75. The number of hydrogen-bond donors (Lipinski definition) is 2. The lowest BCUT2D eigenvalue weighted by Gasteiger charge is -2.32. The summed E-state index contributed by atoms with van der Waals surface area (Å²) in [6.45, 7) is 5.18. The molecule has 0 radical (unpaired) electrons. The smallest absolute Gasteiger partial charge is 0.274 e. The molecule has 6 nitrogen and oxygen atoms in total. The lowest BCUT2D eigenvalue weighted by molar-refractivity contribution is 0.0657. The number of aromatic nitrogens is 2. The fourth-order valence-electron chi connectivity index (χ4n) is 2.56. The number of rotatable bonds is 1. The molecule has 19 heavy (non-hydrogen) atoms. The van der Waals surface area contributed by atoms with Crippen LogP contribution >= 0.6 is 12.4 Å². The molecule has 2 N–H and O–H groups in total. The molecule has 1 aromatic rings. The number of amides is 1. The van der Waals surface area contributed by atoms with Crippen LogP contribution in [-0.2, 0) is 13.0 Å². The van der Waals surface area contributed by atoms with Crippen LogP contribution in [0.15, 0.2) is 0 Å². The number of aromatic amines is 1. The van der Waals surface area contributed by atoms with Crippen molar-refractivity contribution in [3.8, 4) is 0 Å². The highest BCUT2D eigenvalue weighted by Gasteiger charge is 2.27. The number of fused-ring (bicyclic) bond motifs is 1. The Labute approximate surface area is 118 Å². The van der Waals surface area contributed by atoms with Crippen molar-refractivity contribution >= 4 is 18.3 Å². The summed E-state index contributed by atoms with van der Waals surface area (Å²) < 4.78 is 0. The highest BCUT2D eigenvalue weighted by Crippen LogP contribution is 2.17. The molecule has 0 saturated carbocycles. The second kappa shape index (κ2) is 5.90. The van der Waals surface area contributed by atoms with Crippen molar-refractivity contribution in [2.24, 2.45) is 0 Å². The molecule has 2 aliphatic rings. The van der Waals surface area contributed by atoms with Gasteiger partial charge in [-0.15, -0.1) is 12.4 Å². The van der Waals surface area contributed by atoms with Gasteiger partial charge in [0.15, 0.2) is 5.69 Å². The van der Waals surface area contributed by atoms with Gasteiger partial charge in [0.05, 0.1) is 0 Å². The quantitative estimate of drug-likeness (QED) is 0.754. The largest absolute Gasteiger partial charge is 0.335 e. The first kappa shape index (κ1) is 14.3. The summed E-state index contributed by atoms with van der Waals surface area (Å²) in [6.07, 6.45) is 0.929. The summed E-state index contributed by atoms with van der Waals surface area (Å²) in [7, 11) is 2.09. The molecule has 0 atom stereocenters. The molecule has 3 heterocycles. The lowest BCUT2D eigenvalue weighted by atomic mass is 10.1. The summed E-state index contributed by atoms with van der Waals surface area (Å²) in [4.78, 5) is 16.6. The maximum atomic E-state index is 12.4. The number of H-pyrrole nitrogens is 1. The lowest BCUT2D eigenvalue weighted by Crippen LogP contribution is -2.47. The predicted molar refractivity (Wildman–Crippen MR) is 74.6 cm³/mol. The normalized spacial score (nSPS) is 19.7. The van der Waals surface area contributed by atoms with Gasteiger partial charge in [0, 0.05) is 56.9 Å². The van der Waals surface area contributed by atoms with Crippen LogP contribution in [-0.4, -0.2) is 65.7 Å². The standard InChI is InChI=1S/C12H19N5O.ClH/c1-16-4-6-17(7-5-16)12(18)11-9-8-13-3-2-10(9)14-15-11;/h13H,2-8H2,1H3,(H,14,15);1H. The van der Waals surface area contributed by atoms with Crippen LogP contribution in [0.1, 0.15) is 21.7 Å². The van der Waals surface area contributed by atoms with E-state index in [2.05, 4.69) is 27.5 Å². The number of nitrogens with zero attached hydrogens (tertiary/aromatic N) is 3. The van der Waals surface area contributed by atoms with E-state index in [1.807, 2.05) is 4.90 Å². The van der Waals surface area contributed by atoms with Crippen molar-refractivity contribution in [1.82, 2.24) is 25.3 Å². The molecule has 0 spiro atoms. The molecule has 2 aliphatic heterocycles. The zero-order valence-electron chi connectivity index (χ0n) is 11.1. The first-order valence-corrected chi connectivity index (χ1v) is 6.50. The van der Waals surface area contributed by atoms with Crippen LogP contribution in [0.5, 0.6) is 0 Å². The SMILES string of the molecule is CN1CCN(C(=O)c2n[nH]c3c2CNCC3)CC1.Cl. The van der Waals surface area contributed by atoms with E-state index in [4.69, 9.17) is 0 Å². The molecule has 1 amide bonds. The summed E-state index contributed by atoms with van der Waals surface area (Å²) in [6, 6.07) is 0. The molecule has 0 bridgehead atoms. The van der Waals surface area contributed by atoms with E-state index < -0.39 is 0 Å². The number of piperazine rings is 1. The highest BCUT2D eigenvalue weighted by atomic mass is 35.5. The van der Waals surface area contributed by atoms with E-state index in [-0.39, 0.29) is 18.3 Å². The van der Waals surface area contributed by atoms with E-state index in [1.165, 1.54) is 0 Å². The van der Waals surface area contributed by atoms with Crippen LogP contribution in [0.4, 0.5) is 0 Å². The van der Waals surface area contributed by atoms with Gasteiger partial charge in [-0.05, 0) is 7.05 Å². The Morgan fingerprint density at radius 3 is 2.74 bits per heavy atom. The van der Waals surface area contributed by atoms with Crippen molar-refractivity contribution in [2.45, 2.75) is 13.0 Å². The average molecular weight is 286 g/mol. The fraction of sp³-hybridized carbons (Fsp3) is 0.667. The van der Waals surface area contributed by atoms with Gasteiger partial charge in [-0.2, -0.15) is 5.10 Å². The Morgan fingerprint density at radius 2 is 2.00 bits per heavy atom. The molecular formula is C12H20ClN5O. The molecule has 7 heteroatoms. The van der Waals surface area contributed by atoms with E-state index in [1.54, 1.807) is 0 Å². The predicted octanol–water partition coefficient (Wildman–Crippen LogP) is -0.135. The minimum atomic E-state index is 0. The van der Waals surface area contributed by atoms with Crippen molar-refractivity contribution in [2.75, 3.05) is 39.8 Å². The van der Waals surface area contributed by atoms with E-state index in [0.29, 0.717) is 5.69 Å². The van der Waals surface area contributed by atoms with Crippen molar-refractivity contribution < 1.29 is 4.79 Å². The van der Waals surface area contributed by atoms with Gasteiger partial charge in [0.2, 0.25) is 0 Å². The van der Waals surface area contributed by atoms with Gasteiger partial charge in [-0.25, -0.2) is 0 Å². The molecule has 106 valence electrons. The van der Waals surface area contributed by atoms with Crippen LogP contribution in [0, 0.1) is 0 Å². The third-order valence-electron chi connectivity index (χ3n) is 3.80. The van der Waals surface area contributed by atoms with Crippen molar-refractivity contribution in [3.05, 3.63) is 17.0 Å². The molecule has 3 rings (SSSR count). The molecule has 1 fully saturated rings. The Bertz CT molecular complexity index is 453. The second-order valence-corrected chi connectivity index (χ2v) is 5.05. The van der Waals surface area contributed by atoms with Crippen LogP contribution in [0.3, 0.4) is 0 Å². The van der Waals surface area contributed by atoms with Gasteiger partial charge in [0.1, 0.15) is 0 Å². The van der Waals surface area contributed by atoms with E-state index >= 15 is 0 Å². The first-order valence-electron chi connectivity index (χ1n) is 6.50. The zero-order chi connectivity index (χ0) is 12.5.